The number of fused-ring (bicyclic) bond motifs is 1. The minimum absolute atomic E-state index is 0.0305. The number of hydrogen-bond donors (Lipinski definition) is 2. The highest BCUT2D eigenvalue weighted by molar-refractivity contribution is 7.90. The minimum atomic E-state index is -3.41. The molecule has 124 valence electrons. The van der Waals surface area contributed by atoms with Gasteiger partial charge in [-0.25, -0.2) is 18.4 Å². The molecule has 8 heteroatoms. The number of nitrogens with zero attached hydrogens (tertiary/aromatic N) is 2. The van der Waals surface area contributed by atoms with Crippen LogP contribution in [-0.4, -0.2) is 35.5 Å². The van der Waals surface area contributed by atoms with E-state index in [-0.39, 0.29) is 10.9 Å². The first-order chi connectivity index (χ1) is 11.2. The summed E-state index contributed by atoms with van der Waals surface area (Å²) in [5.41, 5.74) is 2.85. The standard InChI is InChI=1S/C16H16N4O3S/c1-9-4-13(20-16(5-9)24(3,22)23)12-7-17-14-8-18-15(6-11(12)14)19-10(2)21/h4-8,17H,1-3H3,(H,18,19,21). The van der Waals surface area contributed by atoms with E-state index in [2.05, 4.69) is 20.3 Å². The SMILES string of the molecule is CC(=O)Nc1cc2c(-c3cc(C)cc(S(C)(=O)=O)n3)c[nH]c2cn1. The van der Waals surface area contributed by atoms with E-state index in [0.717, 1.165) is 28.3 Å². The van der Waals surface area contributed by atoms with Gasteiger partial charge in [0.05, 0.1) is 17.4 Å². The Labute approximate surface area is 139 Å². The molecule has 0 aliphatic carbocycles. The molecule has 0 aromatic carbocycles. The molecule has 0 aliphatic heterocycles. The normalized spacial score (nSPS) is 11.6. The van der Waals surface area contributed by atoms with Crippen LogP contribution in [0.1, 0.15) is 12.5 Å². The van der Waals surface area contributed by atoms with E-state index in [1.807, 2.05) is 13.0 Å². The van der Waals surface area contributed by atoms with E-state index in [9.17, 15) is 13.2 Å². The Hall–Kier alpha value is -2.74. The Morgan fingerprint density at radius 2 is 2.00 bits per heavy atom. The van der Waals surface area contributed by atoms with E-state index >= 15 is 0 Å². The largest absolute Gasteiger partial charge is 0.359 e. The first-order valence-corrected chi connectivity index (χ1v) is 9.07. The fraction of sp³-hybridized carbons (Fsp3) is 0.188. The molecule has 0 spiro atoms. The summed E-state index contributed by atoms with van der Waals surface area (Å²) in [5, 5.41) is 3.46. The number of rotatable bonds is 3. The van der Waals surface area contributed by atoms with E-state index < -0.39 is 9.84 Å². The van der Waals surface area contributed by atoms with Crippen LogP contribution < -0.4 is 5.32 Å². The number of aryl methyl sites for hydroxylation is 1. The number of aromatic nitrogens is 3. The Morgan fingerprint density at radius 1 is 1.25 bits per heavy atom. The third kappa shape index (κ3) is 3.13. The van der Waals surface area contributed by atoms with Crippen molar-refractivity contribution in [2.24, 2.45) is 0 Å². The Balaban J connectivity index is 2.19. The maximum Gasteiger partial charge on any atom is 0.222 e. The van der Waals surface area contributed by atoms with Gasteiger partial charge in [0.25, 0.3) is 0 Å². The highest BCUT2D eigenvalue weighted by Gasteiger charge is 2.15. The average molecular weight is 344 g/mol. The first-order valence-electron chi connectivity index (χ1n) is 7.18. The zero-order valence-corrected chi connectivity index (χ0v) is 14.2. The van der Waals surface area contributed by atoms with Gasteiger partial charge in [-0.3, -0.25) is 4.79 Å². The number of amides is 1. The summed E-state index contributed by atoms with van der Waals surface area (Å²) in [6.07, 6.45) is 4.49. The quantitative estimate of drug-likeness (QED) is 0.758. The van der Waals surface area contributed by atoms with Gasteiger partial charge in [-0.05, 0) is 30.7 Å². The van der Waals surface area contributed by atoms with Crippen LogP contribution in [-0.2, 0) is 14.6 Å². The molecule has 2 N–H and O–H groups in total. The van der Waals surface area contributed by atoms with Crippen molar-refractivity contribution in [2.45, 2.75) is 18.9 Å². The van der Waals surface area contributed by atoms with Crippen molar-refractivity contribution in [1.82, 2.24) is 15.0 Å². The lowest BCUT2D eigenvalue weighted by atomic mass is 10.1. The number of carbonyl (C=O) groups is 1. The van der Waals surface area contributed by atoms with Crippen LogP contribution in [0.5, 0.6) is 0 Å². The molecule has 1 amide bonds. The number of pyridine rings is 2. The molecule has 0 aliphatic rings. The summed E-state index contributed by atoms with van der Waals surface area (Å²) in [4.78, 5) is 22.7. The predicted octanol–water partition coefficient (Wildman–Crippen LogP) is 2.30. The second kappa shape index (κ2) is 5.72. The topological polar surface area (TPSA) is 105 Å². The van der Waals surface area contributed by atoms with E-state index in [1.54, 1.807) is 18.5 Å². The van der Waals surface area contributed by atoms with Crippen LogP contribution in [0.25, 0.3) is 22.2 Å². The highest BCUT2D eigenvalue weighted by atomic mass is 32.2. The maximum absolute atomic E-state index is 11.8. The van der Waals surface area contributed by atoms with E-state index in [1.165, 1.54) is 13.0 Å². The van der Waals surface area contributed by atoms with Crippen molar-refractivity contribution in [3.8, 4) is 11.3 Å². The smallest absolute Gasteiger partial charge is 0.222 e. The van der Waals surface area contributed by atoms with Crippen LogP contribution in [0, 0.1) is 6.92 Å². The van der Waals surface area contributed by atoms with Crippen LogP contribution in [0.3, 0.4) is 0 Å². The lowest BCUT2D eigenvalue weighted by molar-refractivity contribution is -0.114. The third-order valence-electron chi connectivity index (χ3n) is 3.47. The van der Waals surface area contributed by atoms with Crippen molar-refractivity contribution >= 4 is 32.5 Å². The fourth-order valence-corrected chi connectivity index (χ4v) is 3.11. The number of nitrogens with one attached hydrogen (secondary N) is 2. The van der Waals surface area contributed by atoms with Gasteiger partial charge in [0.2, 0.25) is 5.91 Å². The molecule has 0 radical (unpaired) electrons. The van der Waals surface area contributed by atoms with Gasteiger partial charge in [0.1, 0.15) is 5.82 Å². The van der Waals surface area contributed by atoms with Crippen LogP contribution in [0.2, 0.25) is 0 Å². The second-order valence-corrected chi connectivity index (χ2v) is 7.60. The zero-order chi connectivity index (χ0) is 17.5. The van der Waals surface area contributed by atoms with Gasteiger partial charge in [-0.1, -0.05) is 0 Å². The molecule has 0 bridgehead atoms. The molecule has 3 rings (SSSR count). The van der Waals surface area contributed by atoms with Crippen LogP contribution in [0.4, 0.5) is 5.82 Å². The second-order valence-electron chi connectivity index (χ2n) is 5.64. The molecule has 0 atom stereocenters. The molecule has 0 saturated heterocycles. The predicted molar refractivity (Wildman–Crippen MR) is 91.5 cm³/mol. The Bertz CT molecular complexity index is 1050. The van der Waals surface area contributed by atoms with Crippen molar-refractivity contribution in [1.29, 1.82) is 0 Å². The zero-order valence-electron chi connectivity index (χ0n) is 13.4. The molecule has 3 heterocycles. The highest BCUT2D eigenvalue weighted by Crippen LogP contribution is 2.29. The Kier molecular flexibility index (Phi) is 3.84. The molecule has 0 unspecified atom stereocenters. The number of H-pyrrole nitrogens is 1. The number of hydrogen-bond acceptors (Lipinski definition) is 5. The molecule has 0 saturated carbocycles. The average Bonchev–Trinajstić information content (AvgIpc) is 2.88. The van der Waals surface area contributed by atoms with E-state index in [0.29, 0.717) is 11.5 Å². The monoisotopic (exact) mass is 344 g/mol. The number of anilines is 1. The van der Waals surface area contributed by atoms with Gasteiger partial charge >= 0.3 is 0 Å². The van der Waals surface area contributed by atoms with Gasteiger partial charge in [0.15, 0.2) is 14.9 Å². The first kappa shape index (κ1) is 16.1. The van der Waals surface area contributed by atoms with Crippen LogP contribution >= 0.6 is 0 Å². The molecule has 3 aromatic heterocycles. The summed E-state index contributed by atoms with van der Waals surface area (Å²) in [5.74, 6) is 0.207. The summed E-state index contributed by atoms with van der Waals surface area (Å²) in [6.45, 7) is 3.23. The van der Waals surface area contributed by atoms with Crippen molar-refractivity contribution < 1.29 is 13.2 Å². The van der Waals surface area contributed by atoms with Crippen LogP contribution in [0.15, 0.2) is 35.6 Å². The summed E-state index contributed by atoms with van der Waals surface area (Å²) < 4.78 is 23.6. The van der Waals surface area contributed by atoms with Crippen molar-refractivity contribution in [3.05, 3.63) is 36.2 Å². The van der Waals surface area contributed by atoms with Crippen molar-refractivity contribution in [3.63, 3.8) is 0 Å². The molecule has 24 heavy (non-hydrogen) atoms. The summed E-state index contributed by atoms with van der Waals surface area (Å²) >= 11 is 0. The minimum Gasteiger partial charge on any atom is -0.359 e. The summed E-state index contributed by atoms with van der Waals surface area (Å²) in [6, 6.07) is 5.08. The number of carbonyl (C=O) groups excluding carboxylic acids is 1. The van der Waals surface area contributed by atoms with Gasteiger partial charge in [0, 0.05) is 30.3 Å². The van der Waals surface area contributed by atoms with Gasteiger partial charge < -0.3 is 10.3 Å². The summed E-state index contributed by atoms with van der Waals surface area (Å²) in [7, 11) is -3.41. The van der Waals surface area contributed by atoms with Gasteiger partial charge in [-0.15, -0.1) is 0 Å². The van der Waals surface area contributed by atoms with Gasteiger partial charge in [-0.2, -0.15) is 0 Å². The number of sulfone groups is 1. The third-order valence-corrected chi connectivity index (χ3v) is 4.44. The fourth-order valence-electron chi connectivity index (χ4n) is 2.44. The maximum atomic E-state index is 11.8. The molecule has 7 nitrogen and oxygen atoms in total. The van der Waals surface area contributed by atoms with Crippen molar-refractivity contribution in [2.75, 3.05) is 11.6 Å². The molecular weight excluding hydrogens is 328 g/mol. The lowest BCUT2D eigenvalue weighted by Crippen LogP contribution is -2.07. The molecular formula is C16H16N4O3S. The molecule has 0 fully saturated rings. The van der Waals surface area contributed by atoms with E-state index in [4.69, 9.17) is 0 Å². The Morgan fingerprint density at radius 3 is 2.67 bits per heavy atom. The molecule has 3 aromatic rings. The number of aromatic amines is 1. The lowest BCUT2D eigenvalue weighted by Gasteiger charge is -2.06.